The Bertz CT molecular complexity index is 1030. The first-order valence-corrected chi connectivity index (χ1v) is 10.0. The molecule has 3 aromatic rings. The second-order valence-electron chi connectivity index (χ2n) is 7.21. The van der Waals surface area contributed by atoms with Gasteiger partial charge >= 0.3 is 0 Å². The van der Waals surface area contributed by atoms with Crippen molar-refractivity contribution in [2.24, 2.45) is 0 Å². The van der Waals surface area contributed by atoms with E-state index in [0.29, 0.717) is 43.4 Å². The van der Waals surface area contributed by atoms with Gasteiger partial charge in [-0.05, 0) is 31.5 Å². The summed E-state index contributed by atoms with van der Waals surface area (Å²) in [4.78, 5) is 25.8. The molecule has 7 nitrogen and oxygen atoms in total. The number of rotatable bonds is 4. The highest BCUT2D eigenvalue weighted by Gasteiger charge is 2.23. The molecule has 2 aromatic heterocycles. The van der Waals surface area contributed by atoms with Gasteiger partial charge in [0.1, 0.15) is 5.82 Å². The summed E-state index contributed by atoms with van der Waals surface area (Å²) in [6.45, 7) is 6.68. The number of aromatic nitrogens is 4. The van der Waals surface area contributed by atoms with Crippen LogP contribution in [-0.2, 0) is 11.2 Å². The van der Waals surface area contributed by atoms with E-state index in [0.717, 1.165) is 22.8 Å². The van der Waals surface area contributed by atoms with E-state index < -0.39 is 0 Å². The number of carbonyl (C=O) groups is 1. The maximum Gasteiger partial charge on any atom is 0.227 e. The zero-order valence-electron chi connectivity index (χ0n) is 16.5. The van der Waals surface area contributed by atoms with Gasteiger partial charge in [-0.1, -0.05) is 29.8 Å². The fourth-order valence-corrected chi connectivity index (χ4v) is 3.76. The predicted molar refractivity (Wildman–Crippen MR) is 113 cm³/mol. The van der Waals surface area contributed by atoms with Gasteiger partial charge in [0.25, 0.3) is 0 Å². The summed E-state index contributed by atoms with van der Waals surface area (Å²) in [7, 11) is 0. The number of nitrogens with zero attached hydrogens (tertiary/aromatic N) is 6. The highest BCUT2D eigenvalue weighted by atomic mass is 35.5. The third kappa shape index (κ3) is 4.24. The van der Waals surface area contributed by atoms with Gasteiger partial charge in [0.15, 0.2) is 5.82 Å². The van der Waals surface area contributed by atoms with Gasteiger partial charge in [0, 0.05) is 36.9 Å². The third-order valence-corrected chi connectivity index (χ3v) is 5.46. The van der Waals surface area contributed by atoms with E-state index in [1.165, 1.54) is 0 Å². The minimum absolute atomic E-state index is 0.0974. The summed E-state index contributed by atoms with van der Waals surface area (Å²) in [5, 5.41) is 5.12. The molecule has 0 saturated carbocycles. The molecule has 0 bridgehead atoms. The molecular formula is C21H23ClN6O. The van der Waals surface area contributed by atoms with E-state index in [4.69, 9.17) is 16.6 Å². The van der Waals surface area contributed by atoms with Gasteiger partial charge in [-0.3, -0.25) is 9.78 Å². The second kappa shape index (κ2) is 8.21. The molecule has 0 unspecified atom stereocenters. The number of benzene rings is 1. The quantitative estimate of drug-likeness (QED) is 0.661. The Hall–Kier alpha value is -2.93. The van der Waals surface area contributed by atoms with Crippen LogP contribution in [0.25, 0.3) is 5.82 Å². The number of amides is 1. The Balaban J connectivity index is 1.41. The van der Waals surface area contributed by atoms with Crippen molar-refractivity contribution in [2.75, 3.05) is 31.1 Å². The van der Waals surface area contributed by atoms with Crippen LogP contribution in [0, 0.1) is 13.8 Å². The fraction of sp³-hybridized carbons (Fsp3) is 0.333. The molecule has 3 heterocycles. The van der Waals surface area contributed by atoms with Gasteiger partial charge in [-0.2, -0.15) is 5.10 Å². The summed E-state index contributed by atoms with van der Waals surface area (Å²) in [6.07, 6.45) is 3.80. The molecule has 1 fully saturated rings. The molecule has 0 radical (unpaired) electrons. The first-order valence-electron chi connectivity index (χ1n) is 9.63. The Morgan fingerprint density at radius 1 is 1.07 bits per heavy atom. The average molecular weight is 411 g/mol. The van der Waals surface area contributed by atoms with E-state index in [9.17, 15) is 4.79 Å². The van der Waals surface area contributed by atoms with E-state index in [1.54, 1.807) is 17.1 Å². The van der Waals surface area contributed by atoms with Crippen LogP contribution in [0.2, 0.25) is 5.02 Å². The molecule has 4 rings (SSSR count). The molecule has 0 atom stereocenters. The predicted octanol–water partition coefficient (Wildman–Crippen LogP) is 2.82. The first-order chi connectivity index (χ1) is 14.0. The van der Waals surface area contributed by atoms with Crippen molar-refractivity contribution in [1.82, 2.24) is 24.6 Å². The molecule has 1 aliphatic heterocycles. The van der Waals surface area contributed by atoms with Crippen molar-refractivity contribution in [1.29, 1.82) is 0 Å². The number of piperazine rings is 1. The lowest BCUT2D eigenvalue weighted by atomic mass is 10.1. The van der Waals surface area contributed by atoms with E-state index in [-0.39, 0.29) is 5.91 Å². The molecule has 1 amide bonds. The Morgan fingerprint density at radius 3 is 2.48 bits per heavy atom. The van der Waals surface area contributed by atoms with Crippen molar-refractivity contribution < 1.29 is 4.79 Å². The molecule has 1 aliphatic rings. The standard InChI is InChI=1S/C21H23ClN6O/c1-15-11-16(2)28(25-15)20-14-23-13-19(24-20)26-7-9-27(10-8-26)21(29)12-17-5-3-4-6-18(17)22/h3-6,11,13-14H,7-10,12H2,1-2H3. The summed E-state index contributed by atoms with van der Waals surface area (Å²) < 4.78 is 1.80. The van der Waals surface area contributed by atoms with Gasteiger partial charge in [-0.15, -0.1) is 0 Å². The lowest BCUT2D eigenvalue weighted by molar-refractivity contribution is -0.130. The van der Waals surface area contributed by atoms with E-state index in [2.05, 4.69) is 15.0 Å². The maximum absolute atomic E-state index is 12.7. The number of aryl methyl sites for hydroxylation is 2. The average Bonchev–Trinajstić information content (AvgIpc) is 3.08. The topological polar surface area (TPSA) is 67.2 Å². The Kier molecular flexibility index (Phi) is 5.49. The van der Waals surface area contributed by atoms with Gasteiger partial charge in [0.2, 0.25) is 5.91 Å². The van der Waals surface area contributed by atoms with Crippen LogP contribution >= 0.6 is 11.6 Å². The van der Waals surface area contributed by atoms with Crippen LogP contribution in [0.5, 0.6) is 0 Å². The lowest BCUT2D eigenvalue weighted by Gasteiger charge is -2.35. The van der Waals surface area contributed by atoms with Gasteiger partial charge in [0.05, 0.1) is 24.5 Å². The molecule has 150 valence electrons. The summed E-state index contributed by atoms with van der Waals surface area (Å²) in [6, 6.07) is 9.50. The summed E-state index contributed by atoms with van der Waals surface area (Å²) in [5.74, 6) is 1.60. The zero-order valence-corrected chi connectivity index (χ0v) is 17.3. The maximum atomic E-state index is 12.7. The minimum Gasteiger partial charge on any atom is -0.352 e. The van der Waals surface area contributed by atoms with Crippen LogP contribution in [-0.4, -0.2) is 56.7 Å². The zero-order chi connectivity index (χ0) is 20.4. The number of carbonyl (C=O) groups excluding carboxylic acids is 1. The van der Waals surface area contributed by atoms with Gasteiger partial charge < -0.3 is 9.80 Å². The number of hydrogen-bond acceptors (Lipinski definition) is 5. The van der Waals surface area contributed by atoms with Crippen molar-refractivity contribution in [2.45, 2.75) is 20.3 Å². The summed E-state index contributed by atoms with van der Waals surface area (Å²) >= 11 is 6.19. The SMILES string of the molecule is Cc1cc(C)n(-c2cncc(N3CCN(C(=O)Cc4ccccc4Cl)CC3)n2)n1. The molecule has 1 saturated heterocycles. The lowest BCUT2D eigenvalue weighted by Crippen LogP contribution is -2.49. The Morgan fingerprint density at radius 2 is 1.79 bits per heavy atom. The van der Waals surface area contributed by atoms with Crippen LogP contribution in [0.4, 0.5) is 5.82 Å². The highest BCUT2D eigenvalue weighted by molar-refractivity contribution is 6.31. The third-order valence-electron chi connectivity index (χ3n) is 5.09. The van der Waals surface area contributed by atoms with E-state index >= 15 is 0 Å². The largest absolute Gasteiger partial charge is 0.352 e. The monoisotopic (exact) mass is 410 g/mol. The molecule has 0 aliphatic carbocycles. The second-order valence-corrected chi connectivity index (χ2v) is 7.62. The molecular weight excluding hydrogens is 388 g/mol. The first kappa shape index (κ1) is 19.4. The van der Waals surface area contributed by atoms with Crippen LogP contribution in [0.1, 0.15) is 17.0 Å². The molecule has 0 N–H and O–H groups in total. The smallest absolute Gasteiger partial charge is 0.227 e. The van der Waals surface area contributed by atoms with Gasteiger partial charge in [-0.25, -0.2) is 9.67 Å². The molecule has 0 spiro atoms. The fourth-order valence-electron chi connectivity index (χ4n) is 3.56. The minimum atomic E-state index is 0.0974. The van der Waals surface area contributed by atoms with E-state index in [1.807, 2.05) is 49.1 Å². The summed E-state index contributed by atoms with van der Waals surface area (Å²) in [5.41, 5.74) is 2.83. The normalized spacial score (nSPS) is 14.3. The van der Waals surface area contributed by atoms with Crippen LogP contribution < -0.4 is 4.90 Å². The van der Waals surface area contributed by atoms with Crippen molar-refractivity contribution in [3.63, 3.8) is 0 Å². The number of halogens is 1. The molecule has 8 heteroatoms. The van der Waals surface area contributed by atoms with Crippen LogP contribution in [0.15, 0.2) is 42.7 Å². The highest BCUT2D eigenvalue weighted by Crippen LogP contribution is 2.19. The molecule has 29 heavy (non-hydrogen) atoms. The number of anilines is 1. The molecule has 1 aromatic carbocycles. The van der Waals surface area contributed by atoms with Crippen molar-refractivity contribution in [3.05, 3.63) is 64.7 Å². The Labute approximate surface area is 174 Å². The number of hydrogen-bond donors (Lipinski definition) is 0. The van der Waals surface area contributed by atoms with Crippen LogP contribution in [0.3, 0.4) is 0 Å². The van der Waals surface area contributed by atoms with Crippen molar-refractivity contribution in [3.8, 4) is 5.82 Å². The van der Waals surface area contributed by atoms with Crippen molar-refractivity contribution >= 4 is 23.3 Å².